The highest BCUT2D eigenvalue weighted by molar-refractivity contribution is 5.59. The third-order valence-electron chi connectivity index (χ3n) is 3.07. The molecule has 3 rings (SSSR count). The number of nitrogens with one attached hydrogen (secondary N) is 1. The summed E-state index contributed by atoms with van der Waals surface area (Å²) in [5.41, 5.74) is 3.92. The van der Waals surface area contributed by atoms with Gasteiger partial charge in [0, 0.05) is 31.5 Å². The van der Waals surface area contributed by atoms with Crippen molar-refractivity contribution in [3.63, 3.8) is 0 Å². The smallest absolute Gasteiger partial charge is 0.223 e. The fraction of sp³-hybridized carbons (Fsp3) is 0.214. The number of rotatable bonds is 4. The molecule has 0 aliphatic heterocycles. The average molecular weight is 269 g/mol. The van der Waals surface area contributed by atoms with Crippen molar-refractivity contribution in [3.8, 4) is 11.4 Å². The molecule has 0 aliphatic rings. The first-order chi connectivity index (χ1) is 9.74. The largest absolute Gasteiger partial charge is 0.472 e. The van der Waals surface area contributed by atoms with E-state index in [0.29, 0.717) is 12.5 Å². The van der Waals surface area contributed by atoms with Gasteiger partial charge in [-0.1, -0.05) is 0 Å². The Morgan fingerprint density at radius 1 is 1.35 bits per heavy atom. The monoisotopic (exact) mass is 269 g/mol. The SMILES string of the molecule is Cc1cnc(NCc2ccoc2)nc1-c1ccnn1C. The van der Waals surface area contributed by atoms with Crippen LogP contribution in [0.25, 0.3) is 11.4 Å². The summed E-state index contributed by atoms with van der Waals surface area (Å²) in [4.78, 5) is 8.86. The number of aromatic nitrogens is 4. The van der Waals surface area contributed by atoms with Crippen molar-refractivity contribution in [2.45, 2.75) is 13.5 Å². The molecule has 0 saturated heterocycles. The lowest BCUT2D eigenvalue weighted by Gasteiger charge is -2.08. The molecule has 0 amide bonds. The second kappa shape index (κ2) is 5.16. The number of nitrogens with zero attached hydrogens (tertiary/aromatic N) is 4. The molecule has 3 aromatic rings. The van der Waals surface area contributed by atoms with Gasteiger partial charge in [-0.25, -0.2) is 9.97 Å². The molecule has 6 heteroatoms. The van der Waals surface area contributed by atoms with Crippen LogP contribution in [0.15, 0.2) is 41.5 Å². The van der Waals surface area contributed by atoms with Crippen LogP contribution in [0.1, 0.15) is 11.1 Å². The Labute approximate surface area is 116 Å². The maximum Gasteiger partial charge on any atom is 0.223 e. The first-order valence-electron chi connectivity index (χ1n) is 6.31. The second-order valence-corrected chi connectivity index (χ2v) is 4.55. The van der Waals surface area contributed by atoms with Crippen LogP contribution in [0.5, 0.6) is 0 Å². The molecule has 6 nitrogen and oxygen atoms in total. The van der Waals surface area contributed by atoms with Crippen molar-refractivity contribution in [3.05, 3.63) is 48.2 Å². The van der Waals surface area contributed by atoms with Gasteiger partial charge in [-0.2, -0.15) is 5.10 Å². The Balaban J connectivity index is 1.85. The molecule has 0 spiro atoms. The fourth-order valence-electron chi connectivity index (χ4n) is 1.97. The molecule has 0 fully saturated rings. The van der Waals surface area contributed by atoms with E-state index in [1.165, 1.54) is 0 Å². The summed E-state index contributed by atoms with van der Waals surface area (Å²) in [5.74, 6) is 0.591. The van der Waals surface area contributed by atoms with Gasteiger partial charge < -0.3 is 9.73 Å². The molecule has 0 aliphatic carbocycles. The van der Waals surface area contributed by atoms with E-state index < -0.39 is 0 Å². The highest BCUT2D eigenvalue weighted by Gasteiger charge is 2.09. The van der Waals surface area contributed by atoms with Crippen LogP contribution in [0.3, 0.4) is 0 Å². The first kappa shape index (κ1) is 12.4. The molecule has 0 atom stereocenters. The van der Waals surface area contributed by atoms with Gasteiger partial charge in [0.15, 0.2) is 0 Å². The highest BCUT2D eigenvalue weighted by Crippen LogP contribution is 2.20. The average Bonchev–Trinajstić information content (AvgIpc) is 3.09. The third-order valence-corrected chi connectivity index (χ3v) is 3.07. The van der Waals surface area contributed by atoms with Gasteiger partial charge in [0.25, 0.3) is 0 Å². The van der Waals surface area contributed by atoms with E-state index in [1.54, 1.807) is 23.4 Å². The van der Waals surface area contributed by atoms with Crippen molar-refractivity contribution in [1.82, 2.24) is 19.7 Å². The molecule has 102 valence electrons. The molecule has 3 aromatic heterocycles. The lowest BCUT2D eigenvalue weighted by Crippen LogP contribution is -2.05. The molecule has 1 N–H and O–H groups in total. The van der Waals surface area contributed by atoms with E-state index >= 15 is 0 Å². The van der Waals surface area contributed by atoms with Gasteiger partial charge in [0.1, 0.15) is 0 Å². The molecular formula is C14H15N5O. The Hall–Kier alpha value is -2.63. The predicted octanol–water partition coefficient (Wildman–Crippen LogP) is 2.39. The normalized spacial score (nSPS) is 10.7. The summed E-state index contributed by atoms with van der Waals surface area (Å²) < 4.78 is 6.83. The Morgan fingerprint density at radius 2 is 2.25 bits per heavy atom. The molecule has 0 unspecified atom stereocenters. The van der Waals surface area contributed by atoms with E-state index in [-0.39, 0.29) is 0 Å². The van der Waals surface area contributed by atoms with Crippen LogP contribution in [-0.4, -0.2) is 19.7 Å². The minimum absolute atomic E-state index is 0.591. The van der Waals surface area contributed by atoms with E-state index in [1.807, 2.05) is 32.3 Å². The fourth-order valence-corrected chi connectivity index (χ4v) is 1.97. The number of hydrogen-bond acceptors (Lipinski definition) is 5. The molecule has 0 saturated carbocycles. The van der Waals surface area contributed by atoms with Gasteiger partial charge in [-0.15, -0.1) is 0 Å². The molecule has 0 bridgehead atoms. The van der Waals surface area contributed by atoms with Gasteiger partial charge >= 0.3 is 0 Å². The lowest BCUT2D eigenvalue weighted by atomic mass is 10.2. The first-order valence-corrected chi connectivity index (χ1v) is 6.31. The standard InChI is InChI=1S/C14H15N5O/c1-10-7-15-14(16-8-11-4-6-20-9-11)18-13(10)12-3-5-17-19(12)2/h3-7,9H,8H2,1-2H3,(H,15,16,18). The topological polar surface area (TPSA) is 68.8 Å². The van der Waals surface area contributed by atoms with Gasteiger partial charge in [0.05, 0.1) is 23.9 Å². The zero-order valence-corrected chi connectivity index (χ0v) is 11.4. The maximum absolute atomic E-state index is 5.03. The van der Waals surface area contributed by atoms with E-state index in [9.17, 15) is 0 Å². The number of anilines is 1. The Kier molecular flexibility index (Phi) is 3.20. The predicted molar refractivity (Wildman–Crippen MR) is 75.0 cm³/mol. The summed E-state index contributed by atoms with van der Waals surface area (Å²) >= 11 is 0. The van der Waals surface area contributed by atoms with Crippen LogP contribution in [0.4, 0.5) is 5.95 Å². The lowest BCUT2D eigenvalue weighted by molar-refractivity contribution is 0.564. The number of hydrogen-bond donors (Lipinski definition) is 1. The van der Waals surface area contributed by atoms with Crippen molar-refractivity contribution >= 4 is 5.95 Å². The van der Waals surface area contributed by atoms with Crippen molar-refractivity contribution < 1.29 is 4.42 Å². The zero-order valence-electron chi connectivity index (χ0n) is 11.4. The van der Waals surface area contributed by atoms with Crippen LogP contribution < -0.4 is 5.32 Å². The molecule has 20 heavy (non-hydrogen) atoms. The van der Waals surface area contributed by atoms with E-state index in [4.69, 9.17) is 4.42 Å². The maximum atomic E-state index is 5.03. The summed E-state index contributed by atoms with van der Waals surface area (Å²) in [7, 11) is 1.90. The summed E-state index contributed by atoms with van der Waals surface area (Å²) in [5, 5.41) is 7.36. The zero-order chi connectivity index (χ0) is 13.9. The Bertz CT molecular complexity index is 702. The molecule has 0 radical (unpaired) electrons. The summed E-state index contributed by atoms with van der Waals surface area (Å²) in [6.45, 7) is 2.62. The third kappa shape index (κ3) is 2.40. The van der Waals surface area contributed by atoms with Gasteiger partial charge in [-0.3, -0.25) is 4.68 Å². The number of furan rings is 1. The minimum atomic E-state index is 0.591. The van der Waals surface area contributed by atoms with Crippen LogP contribution >= 0.6 is 0 Å². The Morgan fingerprint density at radius 3 is 2.95 bits per heavy atom. The van der Waals surface area contributed by atoms with Gasteiger partial charge in [-0.05, 0) is 24.6 Å². The van der Waals surface area contributed by atoms with Crippen molar-refractivity contribution in [2.24, 2.45) is 7.05 Å². The van der Waals surface area contributed by atoms with Crippen LogP contribution in [0, 0.1) is 6.92 Å². The minimum Gasteiger partial charge on any atom is -0.472 e. The van der Waals surface area contributed by atoms with Gasteiger partial charge in [0.2, 0.25) is 5.95 Å². The summed E-state index contributed by atoms with van der Waals surface area (Å²) in [6, 6.07) is 3.85. The highest BCUT2D eigenvalue weighted by atomic mass is 16.3. The molecular weight excluding hydrogens is 254 g/mol. The number of aryl methyl sites for hydroxylation is 2. The van der Waals surface area contributed by atoms with Crippen molar-refractivity contribution in [2.75, 3.05) is 5.32 Å². The van der Waals surface area contributed by atoms with E-state index in [0.717, 1.165) is 22.5 Å². The molecule has 0 aromatic carbocycles. The van der Waals surface area contributed by atoms with E-state index in [2.05, 4.69) is 20.4 Å². The quantitative estimate of drug-likeness (QED) is 0.787. The van der Waals surface area contributed by atoms with Crippen molar-refractivity contribution in [1.29, 1.82) is 0 Å². The summed E-state index contributed by atoms with van der Waals surface area (Å²) in [6.07, 6.45) is 6.92. The van der Waals surface area contributed by atoms with Crippen LogP contribution in [-0.2, 0) is 13.6 Å². The van der Waals surface area contributed by atoms with Crippen LogP contribution in [0.2, 0.25) is 0 Å². The molecule has 3 heterocycles. The second-order valence-electron chi connectivity index (χ2n) is 4.55.